The van der Waals surface area contributed by atoms with E-state index >= 15 is 0 Å². The zero-order valence-corrected chi connectivity index (χ0v) is 27.3. The number of sulfonamides is 1. The number of hydrogen-bond donors (Lipinski definition) is 0. The molecule has 0 atom stereocenters. The van der Waals surface area contributed by atoms with Gasteiger partial charge >= 0.3 is 0 Å². The van der Waals surface area contributed by atoms with Gasteiger partial charge in [0.2, 0.25) is 10.0 Å². The molecule has 34 heavy (non-hydrogen) atoms. The summed E-state index contributed by atoms with van der Waals surface area (Å²) in [5.74, 6) is 0.486. The van der Waals surface area contributed by atoms with Crippen LogP contribution in [0.25, 0.3) is 0 Å². The van der Waals surface area contributed by atoms with Crippen molar-refractivity contribution in [2.75, 3.05) is 86.7 Å². The Labute approximate surface area is 217 Å². The Morgan fingerprint density at radius 3 is 0.529 bits per heavy atom. The van der Waals surface area contributed by atoms with Crippen molar-refractivity contribution in [1.29, 1.82) is 0 Å². The van der Waals surface area contributed by atoms with Crippen molar-refractivity contribution >= 4 is 29.7 Å². The highest BCUT2D eigenvalue weighted by molar-refractivity contribution is 7.90. The lowest BCUT2D eigenvalue weighted by Crippen LogP contribution is -2.19. The Bertz CT molecular complexity index is 600. The number of hydrogen-bond acceptors (Lipinski definition) is 8. The van der Waals surface area contributed by atoms with Crippen LogP contribution in [0.1, 0.15) is 61.8 Å². The fraction of sp³-hybridized carbons (Fsp3) is 1.00. The first-order valence-corrected chi connectivity index (χ1v) is 16.8. The van der Waals surface area contributed by atoms with Gasteiger partial charge in [0.1, 0.15) is 19.7 Å². The van der Waals surface area contributed by atoms with Gasteiger partial charge in [0.05, 0.1) is 6.26 Å². The minimum absolute atomic E-state index is 0. The summed E-state index contributed by atoms with van der Waals surface area (Å²) in [6.45, 7) is 11.7. The molecule has 0 aromatic heterocycles. The van der Waals surface area contributed by atoms with E-state index in [1.54, 1.807) is 13.8 Å². The molecule has 0 bridgehead atoms. The standard InChI is InChI=1S/C3H9NO2S.2C3H9N.2C3H8O2S.2C3H8.CH4/c1-4(2)7(3,5)6;2*1-4(2)3;2*1-3-6(2,4)5;2*1-3-2;/h1-3H3;2*1-3H3;2*3H2,1-2H3;2*3H2,1-2H3;1H4. The molecule has 0 fully saturated rings. The summed E-state index contributed by atoms with van der Waals surface area (Å²) in [7, 11) is 6.76. The van der Waals surface area contributed by atoms with Gasteiger partial charge in [-0.1, -0.05) is 61.8 Å². The molecule has 0 saturated heterocycles. The molecular weight excluding hydrogens is 498 g/mol. The molecule has 0 N–H and O–H groups in total. The second kappa shape index (κ2) is 34.9. The fourth-order valence-corrected chi connectivity index (χ4v) is 0. The van der Waals surface area contributed by atoms with Crippen LogP contribution in [0.2, 0.25) is 0 Å². The molecule has 0 unspecified atom stereocenters. The van der Waals surface area contributed by atoms with Gasteiger partial charge in [-0.05, 0) is 42.3 Å². The SMILES string of the molecule is C.CCC.CCC.CCS(C)(=O)=O.CCS(C)(=O)=O.CN(C)C.CN(C)C.CN(C)S(C)(=O)=O. The van der Waals surface area contributed by atoms with Crippen molar-refractivity contribution < 1.29 is 25.3 Å². The van der Waals surface area contributed by atoms with E-state index in [1.165, 1.54) is 39.4 Å². The summed E-state index contributed by atoms with van der Waals surface area (Å²) in [5.41, 5.74) is 0. The van der Waals surface area contributed by atoms with Crippen LogP contribution in [0.4, 0.5) is 0 Å². The summed E-state index contributed by atoms with van der Waals surface area (Å²) in [4.78, 5) is 4.00. The van der Waals surface area contributed by atoms with Crippen LogP contribution in [0, 0.1) is 0 Å². The van der Waals surface area contributed by atoms with Gasteiger partial charge in [-0.2, -0.15) is 0 Å². The van der Waals surface area contributed by atoms with Crippen molar-refractivity contribution in [1.82, 2.24) is 14.1 Å². The number of rotatable bonds is 3. The molecule has 0 spiro atoms. The maximum Gasteiger partial charge on any atom is 0.210 e. The van der Waals surface area contributed by atoms with E-state index in [2.05, 4.69) is 27.7 Å². The third kappa shape index (κ3) is 218. The molecule has 9 nitrogen and oxygen atoms in total. The summed E-state index contributed by atoms with van der Waals surface area (Å²) < 4.78 is 61.7. The Morgan fingerprint density at radius 2 is 0.529 bits per heavy atom. The van der Waals surface area contributed by atoms with Gasteiger partial charge < -0.3 is 9.80 Å². The first-order chi connectivity index (χ1) is 14.4. The molecule has 0 rings (SSSR count). The second-order valence-corrected chi connectivity index (χ2v) is 15.1. The lowest BCUT2D eigenvalue weighted by molar-refractivity contribution is 0.505. The van der Waals surface area contributed by atoms with Gasteiger partial charge in [0.25, 0.3) is 0 Å². The molecule has 0 amide bonds. The normalized spacial score (nSPS) is 9.88. The largest absolute Gasteiger partial charge is 0.312 e. The van der Waals surface area contributed by atoms with Crippen LogP contribution < -0.4 is 0 Å². The van der Waals surface area contributed by atoms with Crippen molar-refractivity contribution in [3.8, 4) is 0 Å². The molecule has 0 heterocycles. The molecule has 0 aliphatic rings. The van der Waals surface area contributed by atoms with E-state index in [4.69, 9.17) is 0 Å². The van der Waals surface area contributed by atoms with Crippen molar-refractivity contribution in [2.24, 2.45) is 0 Å². The highest BCUT2D eigenvalue weighted by Gasteiger charge is 2.01. The minimum Gasteiger partial charge on any atom is -0.312 e. The van der Waals surface area contributed by atoms with Crippen LogP contribution in [-0.2, 0) is 29.7 Å². The minimum atomic E-state index is -2.91. The van der Waals surface area contributed by atoms with E-state index in [0.717, 1.165) is 10.6 Å². The van der Waals surface area contributed by atoms with E-state index in [9.17, 15) is 25.3 Å². The quantitative estimate of drug-likeness (QED) is 0.515. The first-order valence-electron chi connectivity index (χ1n) is 10.8. The molecule has 0 saturated carbocycles. The third-order valence-electron chi connectivity index (χ3n) is 1.71. The van der Waals surface area contributed by atoms with Gasteiger partial charge in [-0.15, -0.1) is 0 Å². The third-order valence-corrected chi connectivity index (χ3v) is 5.14. The second-order valence-electron chi connectivity index (χ2n) is 8.07. The molecule has 0 aromatic carbocycles. The molecule has 220 valence electrons. The van der Waals surface area contributed by atoms with Crippen LogP contribution in [0.3, 0.4) is 0 Å². The zero-order chi connectivity index (χ0) is 29.1. The summed E-state index contributed by atoms with van der Waals surface area (Å²) in [6.07, 6.45) is 6.09. The number of sulfone groups is 2. The Morgan fingerprint density at radius 1 is 0.471 bits per heavy atom. The van der Waals surface area contributed by atoms with Gasteiger partial charge in [0.15, 0.2) is 0 Å². The fourth-order valence-electron chi connectivity index (χ4n) is 0. The predicted octanol–water partition coefficient (Wildman–Crippen LogP) is 3.43. The van der Waals surface area contributed by atoms with Crippen LogP contribution in [0.5, 0.6) is 0 Å². The maximum atomic E-state index is 10.3. The van der Waals surface area contributed by atoms with Crippen LogP contribution >= 0.6 is 0 Å². The maximum absolute atomic E-state index is 10.3. The molecule has 0 radical (unpaired) electrons. The lowest BCUT2D eigenvalue weighted by atomic mass is 10.6. The Balaban J connectivity index is -0.0000000394. The van der Waals surface area contributed by atoms with E-state index in [0.29, 0.717) is 0 Å². The van der Waals surface area contributed by atoms with Crippen molar-refractivity contribution in [3.63, 3.8) is 0 Å². The summed E-state index contributed by atoms with van der Waals surface area (Å²) >= 11 is 0. The first kappa shape index (κ1) is 54.6. The molecule has 12 heteroatoms. The zero-order valence-electron chi connectivity index (χ0n) is 24.8. The van der Waals surface area contributed by atoms with Crippen molar-refractivity contribution in [2.45, 2.75) is 61.8 Å². The predicted molar refractivity (Wildman–Crippen MR) is 157 cm³/mol. The average Bonchev–Trinajstić information content (AvgIpc) is 2.54. The van der Waals surface area contributed by atoms with E-state index in [1.807, 2.05) is 52.1 Å². The summed E-state index contributed by atoms with van der Waals surface area (Å²) in [6, 6.07) is 0. The molecule has 0 aromatic rings. The Hall–Kier alpha value is -0.270. The molecule has 0 aliphatic carbocycles. The summed E-state index contributed by atoms with van der Waals surface area (Å²) in [5, 5.41) is 0. The van der Waals surface area contributed by atoms with Crippen LogP contribution in [-0.4, -0.2) is 126 Å². The average molecular weight is 562 g/mol. The molecular formula is C22H63N3O6S3. The topological polar surface area (TPSA) is 112 Å². The van der Waals surface area contributed by atoms with Crippen molar-refractivity contribution in [3.05, 3.63) is 0 Å². The van der Waals surface area contributed by atoms with Gasteiger partial charge in [-0.3, -0.25) is 0 Å². The lowest BCUT2D eigenvalue weighted by Gasteiger charge is -2.02. The smallest absolute Gasteiger partial charge is 0.210 e. The van der Waals surface area contributed by atoms with Gasteiger partial charge in [0, 0.05) is 38.1 Å². The molecule has 0 aliphatic heterocycles. The highest BCUT2D eigenvalue weighted by atomic mass is 32.2. The number of nitrogens with zero attached hydrogens (tertiary/aromatic N) is 3. The Kier molecular flexibility index (Phi) is 56.0. The van der Waals surface area contributed by atoms with Gasteiger partial charge in [-0.25, -0.2) is 29.6 Å². The van der Waals surface area contributed by atoms with E-state index in [-0.39, 0.29) is 18.9 Å². The monoisotopic (exact) mass is 561 g/mol. The van der Waals surface area contributed by atoms with Crippen LogP contribution in [0.15, 0.2) is 0 Å². The highest BCUT2D eigenvalue weighted by Crippen LogP contribution is 1.83. The van der Waals surface area contributed by atoms with E-state index < -0.39 is 29.7 Å².